The molecule has 1 aliphatic heterocycles. The smallest absolute Gasteiger partial charge is 0.227 e. The zero-order valence-electron chi connectivity index (χ0n) is 14.6. The minimum Gasteiger partial charge on any atom is -0.438 e. The first-order valence-corrected chi connectivity index (χ1v) is 8.35. The van der Waals surface area contributed by atoms with E-state index in [0.29, 0.717) is 34.1 Å². The Kier molecular flexibility index (Phi) is 6.35. The van der Waals surface area contributed by atoms with Crippen LogP contribution in [0, 0.1) is 11.3 Å². The Bertz CT molecular complexity index is 887. The Labute approximate surface area is 156 Å². The van der Waals surface area contributed by atoms with Crippen LogP contribution in [-0.2, 0) is 9.47 Å². The van der Waals surface area contributed by atoms with Crippen molar-refractivity contribution in [1.82, 2.24) is 15.2 Å². The first-order valence-electron chi connectivity index (χ1n) is 8.35. The summed E-state index contributed by atoms with van der Waals surface area (Å²) in [4.78, 5) is 4.22. The second-order valence-corrected chi connectivity index (χ2v) is 5.52. The van der Waals surface area contributed by atoms with Gasteiger partial charge in [-0.05, 0) is 36.4 Å². The number of nitrogen functional groups attached to an aromatic ring is 1. The molecule has 0 radical (unpaired) electrons. The molecule has 4 rings (SSSR count). The molecule has 27 heavy (non-hydrogen) atoms. The van der Waals surface area contributed by atoms with E-state index in [1.54, 1.807) is 42.7 Å². The van der Waals surface area contributed by atoms with E-state index in [2.05, 4.69) is 21.3 Å². The number of benzene rings is 1. The maximum Gasteiger partial charge on any atom is 0.227 e. The fraction of sp³-hybridized carbons (Fsp3) is 0.211. The van der Waals surface area contributed by atoms with Crippen molar-refractivity contribution in [3.63, 3.8) is 0 Å². The molecule has 0 atom stereocenters. The summed E-state index contributed by atoms with van der Waals surface area (Å²) in [6.07, 6.45) is 3.20. The Balaban J connectivity index is 0.000000299. The minimum absolute atomic E-state index is 0.366. The summed E-state index contributed by atoms with van der Waals surface area (Å²) in [6.45, 7) is 3.11. The summed E-state index contributed by atoms with van der Waals surface area (Å²) < 4.78 is 15.7. The maximum atomic E-state index is 9.08. The lowest BCUT2D eigenvalue weighted by Crippen LogP contribution is -2.16. The van der Waals surface area contributed by atoms with Crippen LogP contribution in [0.4, 0.5) is 5.69 Å². The van der Waals surface area contributed by atoms with Crippen LogP contribution >= 0.6 is 0 Å². The Hall–Kier alpha value is -3.41. The highest BCUT2D eigenvalue weighted by Crippen LogP contribution is 2.32. The average molecular weight is 365 g/mol. The molecule has 8 nitrogen and oxygen atoms in total. The molecule has 138 valence electrons. The molecule has 3 heterocycles. The van der Waals surface area contributed by atoms with Crippen molar-refractivity contribution in [3.05, 3.63) is 54.5 Å². The van der Waals surface area contributed by atoms with Gasteiger partial charge >= 0.3 is 0 Å². The SMILES string of the molecule is C1COCCO1.N#Cc1[nH]ncc1-c1cccnc1Oc1ccc(N)cc1. The van der Waals surface area contributed by atoms with Gasteiger partial charge in [-0.25, -0.2) is 4.98 Å². The molecule has 3 aromatic rings. The van der Waals surface area contributed by atoms with Gasteiger partial charge in [0.25, 0.3) is 0 Å². The standard InChI is InChI=1S/C15H11N5O.C4H8O2/c16-8-14-13(9-19-20-14)12-2-1-7-18-15(12)21-11-5-3-10(17)4-6-11;1-2-6-4-3-5-1/h1-7,9H,17H2,(H,19,20);1-4H2. The van der Waals surface area contributed by atoms with Gasteiger partial charge in [0.05, 0.1) is 32.6 Å². The van der Waals surface area contributed by atoms with E-state index in [1.807, 2.05) is 6.07 Å². The molecule has 0 aliphatic carbocycles. The van der Waals surface area contributed by atoms with Crippen LogP contribution in [0.2, 0.25) is 0 Å². The number of aromatic amines is 1. The molecular weight excluding hydrogens is 346 g/mol. The van der Waals surface area contributed by atoms with Crippen LogP contribution in [0.5, 0.6) is 11.6 Å². The average Bonchev–Trinajstić information content (AvgIpc) is 3.21. The normalized spacial score (nSPS) is 13.1. The number of ether oxygens (including phenoxy) is 3. The molecule has 0 bridgehead atoms. The quantitative estimate of drug-likeness (QED) is 0.685. The van der Waals surface area contributed by atoms with E-state index in [0.717, 1.165) is 26.4 Å². The van der Waals surface area contributed by atoms with Crippen molar-refractivity contribution in [2.45, 2.75) is 0 Å². The lowest BCUT2D eigenvalue weighted by atomic mass is 10.1. The van der Waals surface area contributed by atoms with Crippen molar-refractivity contribution in [2.24, 2.45) is 0 Å². The molecular formula is C19H19N5O3. The number of nitrogens with zero attached hydrogens (tertiary/aromatic N) is 3. The number of aromatic nitrogens is 3. The monoisotopic (exact) mass is 365 g/mol. The number of H-pyrrole nitrogens is 1. The number of nitriles is 1. The van der Waals surface area contributed by atoms with Gasteiger partial charge in [-0.1, -0.05) is 0 Å². The van der Waals surface area contributed by atoms with Crippen LogP contribution in [0.1, 0.15) is 5.69 Å². The third-order valence-corrected chi connectivity index (χ3v) is 3.65. The summed E-state index contributed by atoms with van der Waals surface area (Å²) in [5.74, 6) is 1.02. The Morgan fingerprint density at radius 2 is 1.74 bits per heavy atom. The third kappa shape index (κ3) is 5.04. The summed E-state index contributed by atoms with van der Waals surface area (Å²) in [5, 5.41) is 15.6. The minimum atomic E-state index is 0.366. The fourth-order valence-corrected chi connectivity index (χ4v) is 2.34. The van der Waals surface area contributed by atoms with Crippen molar-refractivity contribution >= 4 is 5.69 Å². The second kappa shape index (κ2) is 9.33. The van der Waals surface area contributed by atoms with Crippen LogP contribution in [-0.4, -0.2) is 41.6 Å². The lowest BCUT2D eigenvalue weighted by molar-refractivity contribution is -0.0334. The van der Waals surface area contributed by atoms with Crippen LogP contribution in [0.25, 0.3) is 11.1 Å². The molecule has 1 aliphatic rings. The fourth-order valence-electron chi connectivity index (χ4n) is 2.34. The molecule has 3 N–H and O–H groups in total. The molecule has 2 aromatic heterocycles. The van der Waals surface area contributed by atoms with E-state index < -0.39 is 0 Å². The molecule has 0 saturated carbocycles. The molecule has 0 spiro atoms. The third-order valence-electron chi connectivity index (χ3n) is 3.65. The van der Waals surface area contributed by atoms with Crippen molar-refractivity contribution in [1.29, 1.82) is 5.26 Å². The number of nitrogens with one attached hydrogen (secondary N) is 1. The van der Waals surface area contributed by atoms with Gasteiger partial charge in [0, 0.05) is 23.0 Å². The van der Waals surface area contributed by atoms with Crippen molar-refractivity contribution in [2.75, 3.05) is 32.2 Å². The van der Waals surface area contributed by atoms with Gasteiger partial charge in [0.2, 0.25) is 5.88 Å². The maximum absolute atomic E-state index is 9.08. The number of rotatable bonds is 3. The zero-order chi connectivity index (χ0) is 18.9. The first-order chi connectivity index (χ1) is 13.3. The predicted octanol–water partition coefficient (Wildman–Crippen LogP) is 2.75. The van der Waals surface area contributed by atoms with E-state index in [9.17, 15) is 0 Å². The predicted molar refractivity (Wildman–Crippen MR) is 99.1 cm³/mol. The Morgan fingerprint density at radius 3 is 2.37 bits per heavy atom. The number of anilines is 1. The van der Waals surface area contributed by atoms with Crippen molar-refractivity contribution < 1.29 is 14.2 Å². The van der Waals surface area contributed by atoms with Gasteiger partial charge < -0.3 is 19.9 Å². The zero-order valence-corrected chi connectivity index (χ0v) is 14.6. The van der Waals surface area contributed by atoms with E-state index in [1.165, 1.54) is 0 Å². The van der Waals surface area contributed by atoms with E-state index in [4.69, 9.17) is 25.2 Å². The second-order valence-electron chi connectivity index (χ2n) is 5.52. The first kappa shape index (κ1) is 18.4. The molecule has 1 aromatic carbocycles. The van der Waals surface area contributed by atoms with E-state index >= 15 is 0 Å². The highest BCUT2D eigenvalue weighted by molar-refractivity contribution is 5.72. The molecule has 0 unspecified atom stereocenters. The molecule has 0 amide bonds. The Morgan fingerprint density at radius 1 is 1.04 bits per heavy atom. The van der Waals surface area contributed by atoms with E-state index in [-0.39, 0.29) is 0 Å². The molecule has 1 fully saturated rings. The van der Waals surface area contributed by atoms with Crippen LogP contribution in [0.15, 0.2) is 48.8 Å². The van der Waals surface area contributed by atoms with Gasteiger partial charge in [-0.2, -0.15) is 10.4 Å². The van der Waals surface area contributed by atoms with Gasteiger partial charge in [0.15, 0.2) is 0 Å². The number of hydrogen-bond donors (Lipinski definition) is 2. The molecule has 8 heteroatoms. The number of pyridine rings is 1. The molecule has 1 saturated heterocycles. The lowest BCUT2D eigenvalue weighted by Gasteiger charge is -2.09. The van der Waals surface area contributed by atoms with Gasteiger partial charge in [0.1, 0.15) is 17.5 Å². The number of hydrogen-bond acceptors (Lipinski definition) is 7. The highest BCUT2D eigenvalue weighted by Gasteiger charge is 2.14. The summed E-state index contributed by atoms with van der Waals surface area (Å²) in [5.41, 5.74) is 8.01. The largest absolute Gasteiger partial charge is 0.438 e. The van der Waals surface area contributed by atoms with Crippen LogP contribution in [0.3, 0.4) is 0 Å². The van der Waals surface area contributed by atoms with Gasteiger partial charge in [-0.15, -0.1) is 0 Å². The summed E-state index contributed by atoms with van der Waals surface area (Å²) >= 11 is 0. The van der Waals surface area contributed by atoms with Crippen molar-refractivity contribution in [3.8, 4) is 28.8 Å². The van der Waals surface area contributed by atoms with Crippen LogP contribution < -0.4 is 10.5 Å². The highest BCUT2D eigenvalue weighted by atomic mass is 16.6. The number of nitrogens with two attached hydrogens (primary N) is 1. The van der Waals surface area contributed by atoms with Gasteiger partial charge in [-0.3, -0.25) is 5.10 Å². The summed E-state index contributed by atoms with van der Waals surface area (Å²) in [6, 6.07) is 12.7. The summed E-state index contributed by atoms with van der Waals surface area (Å²) in [7, 11) is 0. The topological polar surface area (TPSA) is 119 Å².